The largest absolute Gasteiger partial charge is 0.481 e. The minimum atomic E-state index is -0.784. The highest BCUT2D eigenvalue weighted by atomic mass is 79.9. The van der Waals surface area contributed by atoms with Crippen LogP contribution in [0.4, 0.5) is 4.39 Å². The molecule has 1 aliphatic rings. The first-order chi connectivity index (χ1) is 9.49. The van der Waals surface area contributed by atoms with Crippen molar-refractivity contribution in [2.45, 2.75) is 31.7 Å². The monoisotopic (exact) mass is 343 g/mol. The smallest absolute Gasteiger partial charge is 0.306 e. The van der Waals surface area contributed by atoms with E-state index in [1.807, 2.05) is 0 Å². The quantitative estimate of drug-likeness (QED) is 0.886. The zero-order valence-electron chi connectivity index (χ0n) is 10.7. The molecule has 0 unspecified atom stereocenters. The lowest BCUT2D eigenvalue weighted by Gasteiger charge is -2.26. The van der Waals surface area contributed by atoms with Crippen LogP contribution in [0.5, 0.6) is 0 Å². The Balaban J connectivity index is 1.96. The minimum Gasteiger partial charge on any atom is -0.481 e. The van der Waals surface area contributed by atoms with Crippen LogP contribution < -0.4 is 5.32 Å². The van der Waals surface area contributed by atoms with Crippen LogP contribution in [0.25, 0.3) is 0 Å². The van der Waals surface area contributed by atoms with Crippen molar-refractivity contribution in [1.29, 1.82) is 0 Å². The Hall–Kier alpha value is -1.43. The molecule has 0 spiro atoms. The molecule has 4 nitrogen and oxygen atoms in total. The molecule has 0 aliphatic heterocycles. The minimum absolute atomic E-state index is 0.000247. The van der Waals surface area contributed by atoms with Gasteiger partial charge in [-0.25, -0.2) is 4.39 Å². The number of carbonyl (C=O) groups is 2. The molecule has 0 bridgehead atoms. The Bertz CT molecular complexity index is 527. The highest BCUT2D eigenvalue weighted by Gasteiger charge is 2.27. The first kappa shape index (κ1) is 15.0. The fourth-order valence-electron chi connectivity index (χ4n) is 2.43. The summed E-state index contributed by atoms with van der Waals surface area (Å²) in [6, 6.07) is 4.47. The second-order valence-corrected chi connectivity index (χ2v) is 5.82. The van der Waals surface area contributed by atoms with E-state index >= 15 is 0 Å². The van der Waals surface area contributed by atoms with Crippen LogP contribution in [0.3, 0.4) is 0 Å². The van der Waals surface area contributed by atoms with Gasteiger partial charge in [-0.2, -0.15) is 0 Å². The second-order valence-electron chi connectivity index (χ2n) is 4.96. The molecule has 1 aromatic carbocycles. The van der Waals surface area contributed by atoms with Crippen molar-refractivity contribution in [3.63, 3.8) is 0 Å². The molecule has 1 aliphatic carbocycles. The molecular weight excluding hydrogens is 329 g/mol. The molecule has 0 heterocycles. The maximum atomic E-state index is 13.8. The Labute approximate surface area is 124 Å². The van der Waals surface area contributed by atoms with E-state index in [1.165, 1.54) is 12.1 Å². The molecule has 1 amide bonds. The van der Waals surface area contributed by atoms with Gasteiger partial charge < -0.3 is 10.4 Å². The molecule has 6 heteroatoms. The third kappa shape index (κ3) is 3.36. The number of carbonyl (C=O) groups excluding carboxylic acids is 1. The summed E-state index contributed by atoms with van der Waals surface area (Å²) < 4.78 is 14.0. The van der Waals surface area contributed by atoms with E-state index in [1.54, 1.807) is 6.07 Å². The van der Waals surface area contributed by atoms with Gasteiger partial charge in [0.25, 0.3) is 5.91 Å². The molecule has 0 aromatic heterocycles. The maximum Gasteiger partial charge on any atom is 0.306 e. The number of hydrogen-bond donors (Lipinski definition) is 2. The number of nitrogens with one attached hydrogen (secondary N) is 1. The van der Waals surface area contributed by atoms with Crippen molar-refractivity contribution in [2.24, 2.45) is 5.92 Å². The van der Waals surface area contributed by atoms with Crippen molar-refractivity contribution >= 4 is 27.8 Å². The summed E-state index contributed by atoms with van der Waals surface area (Å²) in [5.41, 5.74) is -0.000247. The number of carboxylic acids is 1. The summed E-state index contributed by atoms with van der Waals surface area (Å²) in [6.07, 6.45) is 2.30. The van der Waals surface area contributed by atoms with Crippen molar-refractivity contribution < 1.29 is 19.1 Å². The molecule has 2 rings (SSSR count). The van der Waals surface area contributed by atoms with Crippen LogP contribution >= 0.6 is 15.9 Å². The molecule has 20 heavy (non-hydrogen) atoms. The Morgan fingerprint density at radius 3 is 2.50 bits per heavy atom. The maximum absolute atomic E-state index is 13.8. The fraction of sp³-hybridized carbons (Fsp3) is 0.429. The summed E-state index contributed by atoms with van der Waals surface area (Å²) in [5.74, 6) is -2.15. The summed E-state index contributed by atoms with van der Waals surface area (Å²) in [4.78, 5) is 22.9. The average Bonchev–Trinajstić information content (AvgIpc) is 2.42. The van der Waals surface area contributed by atoms with Crippen LogP contribution in [0, 0.1) is 11.7 Å². The van der Waals surface area contributed by atoms with Crippen molar-refractivity contribution in [3.8, 4) is 0 Å². The molecule has 1 fully saturated rings. The first-order valence-corrected chi connectivity index (χ1v) is 7.26. The van der Waals surface area contributed by atoms with E-state index in [-0.39, 0.29) is 22.0 Å². The lowest BCUT2D eigenvalue weighted by molar-refractivity contribution is -0.142. The van der Waals surface area contributed by atoms with E-state index < -0.39 is 17.7 Å². The highest BCUT2D eigenvalue weighted by molar-refractivity contribution is 9.10. The second kappa shape index (κ2) is 6.35. The average molecular weight is 344 g/mol. The molecular formula is C14H15BrFNO3. The molecule has 2 N–H and O–H groups in total. The van der Waals surface area contributed by atoms with E-state index in [0.717, 1.165) is 0 Å². The van der Waals surface area contributed by atoms with Crippen LogP contribution in [0.15, 0.2) is 22.7 Å². The molecule has 0 radical (unpaired) electrons. The van der Waals surface area contributed by atoms with E-state index in [9.17, 15) is 14.0 Å². The van der Waals surface area contributed by atoms with Gasteiger partial charge in [0.2, 0.25) is 0 Å². The normalized spacial score (nSPS) is 22.3. The number of carboxylic acid groups (broad SMARTS) is 1. The van der Waals surface area contributed by atoms with Gasteiger partial charge in [-0.1, -0.05) is 6.07 Å². The fourth-order valence-corrected chi connectivity index (χ4v) is 2.79. The lowest BCUT2D eigenvalue weighted by atomic mass is 9.86. The number of benzene rings is 1. The van der Waals surface area contributed by atoms with Gasteiger partial charge in [0.1, 0.15) is 5.82 Å². The number of rotatable bonds is 3. The lowest BCUT2D eigenvalue weighted by Crippen LogP contribution is -2.39. The van der Waals surface area contributed by atoms with Gasteiger partial charge in [0.15, 0.2) is 0 Å². The predicted molar refractivity (Wildman–Crippen MR) is 74.9 cm³/mol. The van der Waals surface area contributed by atoms with Gasteiger partial charge in [-0.05, 0) is 53.7 Å². The topological polar surface area (TPSA) is 66.4 Å². The SMILES string of the molecule is O=C(NC1CCC(C(=O)O)CC1)c1cccc(Br)c1F. The number of amides is 1. The number of aliphatic carboxylic acids is 1. The zero-order chi connectivity index (χ0) is 14.7. The van der Waals surface area contributed by atoms with Gasteiger partial charge in [-0.3, -0.25) is 9.59 Å². The molecule has 1 saturated carbocycles. The molecule has 0 atom stereocenters. The third-order valence-electron chi connectivity index (χ3n) is 3.61. The van der Waals surface area contributed by atoms with Crippen molar-refractivity contribution in [3.05, 3.63) is 34.1 Å². The van der Waals surface area contributed by atoms with Gasteiger partial charge in [-0.15, -0.1) is 0 Å². The highest BCUT2D eigenvalue weighted by Crippen LogP contribution is 2.25. The van der Waals surface area contributed by atoms with E-state index in [2.05, 4.69) is 21.2 Å². The van der Waals surface area contributed by atoms with E-state index in [4.69, 9.17) is 5.11 Å². The van der Waals surface area contributed by atoms with Gasteiger partial charge in [0, 0.05) is 6.04 Å². The Morgan fingerprint density at radius 2 is 1.90 bits per heavy atom. The standard InChI is InChI=1S/C14H15BrFNO3/c15-11-3-1-2-10(12(11)16)13(18)17-9-6-4-8(5-7-9)14(19)20/h1-3,8-9H,4-7H2,(H,17,18)(H,19,20). The molecule has 0 saturated heterocycles. The molecule has 108 valence electrons. The van der Waals surface area contributed by atoms with Gasteiger partial charge >= 0.3 is 5.97 Å². The van der Waals surface area contributed by atoms with Crippen molar-refractivity contribution in [2.75, 3.05) is 0 Å². The van der Waals surface area contributed by atoms with E-state index in [0.29, 0.717) is 25.7 Å². The third-order valence-corrected chi connectivity index (χ3v) is 4.22. The Morgan fingerprint density at radius 1 is 1.25 bits per heavy atom. The predicted octanol–water partition coefficient (Wildman–Crippen LogP) is 2.96. The zero-order valence-corrected chi connectivity index (χ0v) is 12.3. The summed E-state index contributed by atoms with van der Waals surface area (Å²) >= 11 is 3.04. The Kier molecular flexibility index (Phi) is 4.75. The van der Waals surface area contributed by atoms with Crippen LogP contribution in [0.2, 0.25) is 0 Å². The van der Waals surface area contributed by atoms with Crippen LogP contribution in [-0.2, 0) is 4.79 Å². The van der Waals surface area contributed by atoms with Crippen LogP contribution in [-0.4, -0.2) is 23.0 Å². The van der Waals surface area contributed by atoms with Crippen LogP contribution in [0.1, 0.15) is 36.0 Å². The summed E-state index contributed by atoms with van der Waals surface area (Å²) in [6.45, 7) is 0. The number of halogens is 2. The first-order valence-electron chi connectivity index (χ1n) is 6.46. The van der Waals surface area contributed by atoms with Gasteiger partial charge in [0.05, 0.1) is 16.0 Å². The van der Waals surface area contributed by atoms with Crippen molar-refractivity contribution in [1.82, 2.24) is 5.32 Å². The molecule has 1 aromatic rings. The summed E-state index contributed by atoms with van der Waals surface area (Å²) in [7, 11) is 0. The summed E-state index contributed by atoms with van der Waals surface area (Å²) in [5, 5.41) is 11.7. The number of hydrogen-bond acceptors (Lipinski definition) is 2.